The SMILES string of the molecule is CC[C@@]1(C)NC(=O)N(NC(=O)CCc2cc(C(C)(C)C)c(O)c(C(C)(C)C)c2)C1=O. The van der Waals surface area contributed by atoms with Gasteiger partial charge in [0.25, 0.3) is 5.91 Å². The fourth-order valence-electron chi connectivity index (χ4n) is 3.45. The number of imide groups is 1. The number of carbonyl (C=O) groups excluding carboxylic acids is 3. The highest BCUT2D eigenvalue weighted by atomic mass is 16.3. The molecule has 0 saturated carbocycles. The zero-order chi connectivity index (χ0) is 23.1. The number of hydrogen-bond donors (Lipinski definition) is 3. The van der Waals surface area contributed by atoms with E-state index in [-0.39, 0.29) is 17.3 Å². The zero-order valence-corrected chi connectivity index (χ0v) is 19.4. The van der Waals surface area contributed by atoms with Gasteiger partial charge in [-0.15, -0.1) is 0 Å². The first-order chi connectivity index (χ1) is 13.6. The molecule has 0 radical (unpaired) electrons. The molecule has 1 heterocycles. The normalized spacial score (nSPS) is 19.8. The van der Waals surface area contributed by atoms with Gasteiger partial charge in [0.1, 0.15) is 11.3 Å². The van der Waals surface area contributed by atoms with E-state index in [0.29, 0.717) is 18.6 Å². The van der Waals surface area contributed by atoms with E-state index in [9.17, 15) is 19.5 Å². The van der Waals surface area contributed by atoms with E-state index < -0.39 is 23.4 Å². The number of hydrazine groups is 1. The number of phenols is 1. The third kappa shape index (κ3) is 4.77. The highest BCUT2D eigenvalue weighted by molar-refractivity contribution is 6.07. The predicted molar refractivity (Wildman–Crippen MR) is 116 cm³/mol. The molecular formula is C23H35N3O4. The molecule has 3 N–H and O–H groups in total. The molecule has 166 valence electrons. The number of benzene rings is 1. The maximum atomic E-state index is 12.5. The lowest BCUT2D eigenvalue weighted by molar-refractivity contribution is -0.138. The largest absolute Gasteiger partial charge is 0.507 e. The Balaban J connectivity index is 2.18. The highest BCUT2D eigenvalue weighted by Gasteiger charge is 2.47. The first kappa shape index (κ1) is 23.7. The van der Waals surface area contributed by atoms with Crippen LogP contribution in [0.4, 0.5) is 4.79 Å². The van der Waals surface area contributed by atoms with E-state index >= 15 is 0 Å². The van der Waals surface area contributed by atoms with Crippen molar-refractivity contribution in [1.29, 1.82) is 0 Å². The Morgan fingerprint density at radius 2 is 1.60 bits per heavy atom. The van der Waals surface area contributed by atoms with Crippen molar-refractivity contribution >= 4 is 17.8 Å². The zero-order valence-electron chi connectivity index (χ0n) is 19.4. The Hall–Kier alpha value is -2.57. The van der Waals surface area contributed by atoms with Crippen LogP contribution in [0.1, 0.15) is 84.9 Å². The van der Waals surface area contributed by atoms with Crippen LogP contribution in [-0.2, 0) is 26.8 Å². The molecule has 30 heavy (non-hydrogen) atoms. The molecule has 1 aliphatic rings. The third-order valence-corrected chi connectivity index (χ3v) is 5.63. The fraction of sp³-hybridized carbons (Fsp3) is 0.609. The molecular weight excluding hydrogens is 382 g/mol. The molecule has 7 nitrogen and oxygen atoms in total. The molecule has 1 fully saturated rings. The van der Waals surface area contributed by atoms with Gasteiger partial charge in [-0.2, -0.15) is 5.01 Å². The van der Waals surface area contributed by atoms with Crippen molar-refractivity contribution in [2.45, 2.75) is 91.0 Å². The molecule has 0 unspecified atom stereocenters. The molecule has 0 spiro atoms. The van der Waals surface area contributed by atoms with Gasteiger partial charge in [-0.3, -0.25) is 15.0 Å². The van der Waals surface area contributed by atoms with Gasteiger partial charge in [0.2, 0.25) is 5.91 Å². The van der Waals surface area contributed by atoms with Crippen molar-refractivity contribution < 1.29 is 19.5 Å². The summed E-state index contributed by atoms with van der Waals surface area (Å²) in [5, 5.41) is 14.2. The van der Waals surface area contributed by atoms with E-state index in [1.165, 1.54) is 0 Å². The minimum atomic E-state index is -0.995. The summed E-state index contributed by atoms with van der Waals surface area (Å²) in [5.41, 5.74) is 3.50. The molecule has 1 aromatic carbocycles. The van der Waals surface area contributed by atoms with Crippen LogP contribution in [0.5, 0.6) is 5.75 Å². The van der Waals surface area contributed by atoms with Crippen LogP contribution < -0.4 is 10.7 Å². The van der Waals surface area contributed by atoms with Gasteiger partial charge in [-0.25, -0.2) is 4.79 Å². The van der Waals surface area contributed by atoms with Crippen molar-refractivity contribution in [2.24, 2.45) is 0 Å². The summed E-state index contributed by atoms with van der Waals surface area (Å²) in [4.78, 5) is 37.0. The van der Waals surface area contributed by atoms with E-state index in [0.717, 1.165) is 21.7 Å². The van der Waals surface area contributed by atoms with Crippen LogP contribution in [0.2, 0.25) is 0 Å². The molecule has 1 aromatic rings. The third-order valence-electron chi connectivity index (χ3n) is 5.63. The molecule has 1 atom stereocenters. The number of phenolic OH excluding ortho intramolecular Hbond substituents is 1. The quantitative estimate of drug-likeness (QED) is 0.637. The summed E-state index contributed by atoms with van der Waals surface area (Å²) < 4.78 is 0. The molecule has 2 rings (SSSR count). The Kier molecular flexibility index (Phi) is 6.27. The smallest absolute Gasteiger partial charge is 0.344 e. The Labute approximate surface area is 179 Å². The van der Waals surface area contributed by atoms with E-state index in [2.05, 4.69) is 10.7 Å². The molecule has 0 aromatic heterocycles. The van der Waals surface area contributed by atoms with Crippen molar-refractivity contribution in [1.82, 2.24) is 15.8 Å². The lowest BCUT2D eigenvalue weighted by Gasteiger charge is -2.28. The summed E-state index contributed by atoms with van der Waals surface area (Å²) in [6.45, 7) is 15.6. The number of rotatable bonds is 5. The summed E-state index contributed by atoms with van der Waals surface area (Å²) >= 11 is 0. The number of nitrogens with zero attached hydrogens (tertiary/aromatic N) is 1. The van der Waals surface area contributed by atoms with Gasteiger partial charge in [0.15, 0.2) is 0 Å². The number of aryl methyl sites for hydroxylation is 1. The average molecular weight is 418 g/mol. The number of carbonyl (C=O) groups is 3. The van der Waals surface area contributed by atoms with E-state index in [1.807, 2.05) is 53.7 Å². The van der Waals surface area contributed by atoms with Crippen LogP contribution in [0.3, 0.4) is 0 Å². The van der Waals surface area contributed by atoms with Gasteiger partial charge in [-0.1, -0.05) is 60.6 Å². The minimum Gasteiger partial charge on any atom is -0.507 e. The second-order valence-corrected chi connectivity index (χ2v) is 10.3. The predicted octanol–water partition coefficient (Wildman–Crippen LogP) is 3.67. The lowest BCUT2D eigenvalue weighted by atomic mass is 9.78. The first-order valence-electron chi connectivity index (χ1n) is 10.4. The lowest BCUT2D eigenvalue weighted by Crippen LogP contribution is -2.48. The van der Waals surface area contributed by atoms with Crippen LogP contribution in [0.25, 0.3) is 0 Å². The Bertz CT molecular complexity index is 829. The maximum absolute atomic E-state index is 12.5. The Morgan fingerprint density at radius 3 is 2.00 bits per heavy atom. The molecule has 4 amide bonds. The second-order valence-electron chi connectivity index (χ2n) is 10.3. The topological polar surface area (TPSA) is 98.7 Å². The second kappa shape index (κ2) is 7.93. The molecule has 0 bridgehead atoms. The maximum Gasteiger partial charge on any atom is 0.344 e. The van der Waals surface area contributed by atoms with Crippen LogP contribution in [0.15, 0.2) is 12.1 Å². The average Bonchev–Trinajstić information content (AvgIpc) is 2.82. The van der Waals surface area contributed by atoms with Gasteiger partial charge in [-0.05, 0) is 47.3 Å². The number of hydrogen-bond acceptors (Lipinski definition) is 4. The monoisotopic (exact) mass is 417 g/mol. The van der Waals surface area contributed by atoms with Crippen molar-refractivity contribution in [3.8, 4) is 5.75 Å². The minimum absolute atomic E-state index is 0.109. The summed E-state index contributed by atoms with van der Waals surface area (Å²) in [5.74, 6) is -0.582. The summed E-state index contributed by atoms with van der Waals surface area (Å²) in [6.07, 6.45) is 0.966. The van der Waals surface area contributed by atoms with Gasteiger partial charge >= 0.3 is 6.03 Å². The van der Waals surface area contributed by atoms with Gasteiger partial charge in [0, 0.05) is 6.42 Å². The van der Waals surface area contributed by atoms with Crippen molar-refractivity contribution in [2.75, 3.05) is 0 Å². The number of amides is 4. The number of aromatic hydroxyl groups is 1. The molecule has 1 aliphatic heterocycles. The van der Waals surface area contributed by atoms with E-state index in [4.69, 9.17) is 0 Å². The van der Waals surface area contributed by atoms with E-state index in [1.54, 1.807) is 13.8 Å². The van der Waals surface area contributed by atoms with Crippen LogP contribution in [-0.4, -0.2) is 33.5 Å². The van der Waals surface area contributed by atoms with Crippen LogP contribution in [0, 0.1) is 0 Å². The van der Waals surface area contributed by atoms with Crippen molar-refractivity contribution in [3.63, 3.8) is 0 Å². The Morgan fingerprint density at radius 1 is 1.10 bits per heavy atom. The van der Waals surface area contributed by atoms with Crippen molar-refractivity contribution in [3.05, 3.63) is 28.8 Å². The first-order valence-corrected chi connectivity index (χ1v) is 10.4. The van der Waals surface area contributed by atoms with Gasteiger partial charge in [0.05, 0.1) is 0 Å². The molecule has 7 heteroatoms. The number of urea groups is 1. The highest BCUT2D eigenvalue weighted by Crippen LogP contribution is 2.40. The number of nitrogens with one attached hydrogen (secondary N) is 2. The summed E-state index contributed by atoms with van der Waals surface area (Å²) in [7, 11) is 0. The fourth-order valence-corrected chi connectivity index (χ4v) is 3.45. The summed E-state index contributed by atoms with van der Waals surface area (Å²) in [6, 6.07) is 3.24. The van der Waals surface area contributed by atoms with Gasteiger partial charge < -0.3 is 10.4 Å². The van der Waals surface area contributed by atoms with Crippen LogP contribution >= 0.6 is 0 Å². The molecule has 0 aliphatic carbocycles. The standard InChI is InChI=1S/C23H35N3O4/c1-9-23(8)19(29)26(20(30)24-23)25-17(27)11-10-14-12-15(21(2,3)4)18(28)16(13-14)22(5,6)7/h12-13,28H,9-11H2,1-8H3,(H,24,30)(H,25,27)/t23-/m1/s1. The molecule has 1 saturated heterocycles.